The molecule has 0 aliphatic heterocycles. The van der Waals surface area contributed by atoms with Crippen LogP contribution in [-0.2, 0) is 4.79 Å². The highest BCUT2D eigenvalue weighted by Gasteiger charge is 2.15. The lowest BCUT2D eigenvalue weighted by molar-refractivity contribution is -0.384. The fourth-order valence-corrected chi connectivity index (χ4v) is 1.30. The van der Waals surface area contributed by atoms with E-state index in [1.165, 1.54) is 12.3 Å². The van der Waals surface area contributed by atoms with Gasteiger partial charge in [-0.25, -0.2) is 4.98 Å². The van der Waals surface area contributed by atoms with E-state index in [1.54, 1.807) is 0 Å². The van der Waals surface area contributed by atoms with Crippen molar-refractivity contribution >= 4 is 29.1 Å². The van der Waals surface area contributed by atoms with E-state index in [1.807, 2.05) is 0 Å². The number of nitrogens with zero attached hydrogens (tertiary/aromatic N) is 2. The van der Waals surface area contributed by atoms with Crippen molar-refractivity contribution < 1.29 is 14.8 Å². The summed E-state index contributed by atoms with van der Waals surface area (Å²) in [6, 6.07) is 1.19. The van der Waals surface area contributed by atoms with Gasteiger partial charge in [0.1, 0.15) is 0 Å². The maximum absolute atomic E-state index is 10.7. The van der Waals surface area contributed by atoms with Crippen molar-refractivity contribution in [1.29, 1.82) is 0 Å². The van der Waals surface area contributed by atoms with Gasteiger partial charge in [-0.3, -0.25) is 14.9 Å². The summed E-state index contributed by atoms with van der Waals surface area (Å²) < 4.78 is 0. The predicted molar refractivity (Wildman–Crippen MR) is 61.3 cm³/mol. The van der Waals surface area contributed by atoms with Crippen LogP contribution in [0.4, 0.5) is 11.5 Å². The Balaban J connectivity index is 2.64. The van der Waals surface area contributed by atoms with Gasteiger partial charge in [0.2, 0.25) is 5.82 Å². The molecule has 92 valence electrons. The van der Waals surface area contributed by atoms with Gasteiger partial charge in [-0.1, -0.05) is 11.6 Å². The molecule has 17 heavy (non-hydrogen) atoms. The number of pyridine rings is 1. The largest absolute Gasteiger partial charge is 0.481 e. The first-order chi connectivity index (χ1) is 8.00. The molecule has 0 saturated heterocycles. The van der Waals surface area contributed by atoms with Crippen molar-refractivity contribution in [3.8, 4) is 0 Å². The maximum Gasteiger partial charge on any atom is 0.312 e. The lowest BCUT2D eigenvalue weighted by Gasteiger charge is -2.05. The monoisotopic (exact) mass is 259 g/mol. The predicted octanol–water partition coefficient (Wildman–Crippen LogP) is 1.92. The molecule has 0 radical (unpaired) electrons. The lowest BCUT2D eigenvalue weighted by atomic mass is 10.3. The number of nitro groups is 1. The number of anilines is 1. The zero-order valence-electron chi connectivity index (χ0n) is 8.72. The minimum absolute atomic E-state index is 0.00557. The summed E-state index contributed by atoms with van der Waals surface area (Å²) in [7, 11) is 0. The third kappa shape index (κ3) is 4.23. The van der Waals surface area contributed by atoms with E-state index < -0.39 is 10.9 Å². The fourth-order valence-electron chi connectivity index (χ4n) is 1.15. The Labute approximate surface area is 102 Å². The van der Waals surface area contributed by atoms with Crippen molar-refractivity contribution in [3.05, 3.63) is 27.4 Å². The Bertz CT molecular complexity index is 438. The average Bonchev–Trinajstić information content (AvgIpc) is 2.25. The van der Waals surface area contributed by atoms with E-state index in [2.05, 4.69) is 10.3 Å². The van der Waals surface area contributed by atoms with Crippen molar-refractivity contribution in [2.45, 2.75) is 12.8 Å². The second-order valence-corrected chi connectivity index (χ2v) is 3.64. The Kier molecular flexibility index (Phi) is 4.65. The summed E-state index contributed by atoms with van der Waals surface area (Å²) >= 11 is 5.59. The summed E-state index contributed by atoms with van der Waals surface area (Å²) in [5.41, 5.74) is -0.229. The quantitative estimate of drug-likeness (QED) is 0.459. The molecule has 0 bridgehead atoms. The zero-order valence-corrected chi connectivity index (χ0v) is 9.48. The van der Waals surface area contributed by atoms with Crippen LogP contribution in [0.1, 0.15) is 12.8 Å². The molecule has 0 spiro atoms. The molecule has 8 heteroatoms. The summed E-state index contributed by atoms with van der Waals surface area (Å²) in [6.45, 7) is 0.293. The summed E-state index contributed by atoms with van der Waals surface area (Å²) in [6.07, 6.45) is 1.64. The number of hydrogen-bond donors (Lipinski definition) is 2. The van der Waals surface area contributed by atoms with Crippen molar-refractivity contribution in [1.82, 2.24) is 4.98 Å². The number of halogens is 1. The molecule has 0 atom stereocenters. The highest BCUT2D eigenvalue weighted by molar-refractivity contribution is 6.30. The highest BCUT2D eigenvalue weighted by atomic mass is 35.5. The van der Waals surface area contributed by atoms with Gasteiger partial charge >= 0.3 is 11.7 Å². The Morgan fingerprint density at radius 1 is 1.65 bits per heavy atom. The average molecular weight is 260 g/mol. The SMILES string of the molecule is O=C(O)CCCNc1ncc(Cl)cc1[N+](=O)[O-]. The molecular formula is C9H10ClN3O4. The molecule has 0 amide bonds. The number of nitrogens with one attached hydrogen (secondary N) is 1. The number of carboxylic acid groups (broad SMARTS) is 1. The van der Waals surface area contributed by atoms with E-state index in [-0.39, 0.29) is 22.9 Å². The van der Waals surface area contributed by atoms with E-state index in [4.69, 9.17) is 16.7 Å². The Morgan fingerprint density at radius 2 is 2.35 bits per heavy atom. The molecule has 1 aromatic rings. The van der Waals surface area contributed by atoms with Gasteiger partial charge in [0.25, 0.3) is 0 Å². The van der Waals surface area contributed by atoms with Crippen molar-refractivity contribution in [3.63, 3.8) is 0 Å². The van der Waals surface area contributed by atoms with Crippen LogP contribution in [0.5, 0.6) is 0 Å². The number of aliphatic carboxylic acids is 1. The fraction of sp³-hybridized carbons (Fsp3) is 0.333. The normalized spacial score (nSPS) is 9.94. The summed E-state index contributed by atoms with van der Waals surface area (Å²) in [4.78, 5) is 24.1. The number of rotatable bonds is 6. The number of carbonyl (C=O) groups is 1. The second kappa shape index (κ2) is 6.00. The van der Waals surface area contributed by atoms with Gasteiger partial charge < -0.3 is 10.4 Å². The van der Waals surface area contributed by atoms with E-state index >= 15 is 0 Å². The van der Waals surface area contributed by atoms with Crippen molar-refractivity contribution in [2.75, 3.05) is 11.9 Å². The van der Waals surface area contributed by atoms with Crippen LogP contribution >= 0.6 is 11.6 Å². The van der Waals surface area contributed by atoms with Gasteiger partial charge in [-0.05, 0) is 6.42 Å². The van der Waals surface area contributed by atoms with Gasteiger partial charge in [0, 0.05) is 25.2 Å². The molecule has 0 unspecified atom stereocenters. The number of hydrogen-bond acceptors (Lipinski definition) is 5. The van der Waals surface area contributed by atoms with Crippen LogP contribution < -0.4 is 5.32 Å². The standard InChI is InChI=1S/C9H10ClN3O4/c10-6-4-7(13(16)17)9(12-5-6)11-3-1-2-8(14)15/h4-5H,1-3H2,(H,11,12)(H,14,15). The first-order valence-corrected chi connectivity index (χ1v) is 5.14. The summed E-state index contributed by atoms with van der Waals surface area (Å²) in [5, 5.41) is 22.0. The molecule has 7 nitrogen and oxygen atoms in total. The van der Waals surface area contributed by atoms with Gasteiger partial charge in [-0.2, -0.15) is 0 Å². The Hall–Kier alpha value is -1.89. The topological polar surface area (TPSA) is 105 Å². The first kappa shape index (κ1) is 13.2. The van der Waals surface area contributed by atoms with Crippen LogP contribution in [0.3, 0.4) is 0 Å². The molecule has 0 saturated carbocycles. The van der Waals surface area contributed by atoms with E-state index in [0.29, 0.717) is 13.0 Å². The number of carboxylic acids is 1. The summed E-state index contributed by atoms with van der Waals surface area (Å²) in [5.74, 6) is -0.824. The van der Waals surface area contributed by atoms with Gasteiger partial charge in [0.05, 0.1) is 9.95 Å². The molecule has 0 aliphatic rings. The number of aromatic nitrogens is 1. The molecule has 0 aromatic carbocycles. The van der Waals surface area contributed by atoms with E-state index in [9.17, 15) is 14.9 Å². The van der Waals surface area contributed by atoms with Gasteiger partial charge in [0.15, 0.2) is 0 Å². The van der Waals surface area contributed by atoms with E-state index in [0.717, 1.165) is 0 Å². The molecule has 0 aliphatic carbocycles. The molecule has 0 fully saturated rings. The minimum Gasteiger partial charge on any atom is -0.481 e. The Morgan fingerprint density at radius 3 is 2.94 bits per heavy atom. The molecule has 1 aromatic heterocycles. The molecular weight excluding hydrogens is 250 g/mol. The third-order valence-corrected chi connectivity index (χ3v) is 2.10. The van der Waals surface area contributed by atoms with Crippen LogP contribution in [-0.4, -0.2) is 27.5 Å². The van der Waals surface area contributed by atoms with Crippen molar-refractivity contribution in [2.24, 2.45) is 0 Å². The third-order valence-electron chi connectivity index (χ3n) is 1.89. The first-order valence-electron chi connectivity index (χ1n) is 4.76. The highest BCUT2D eigenvalue weighted by Crippen LogP contribution is 2.24. The van der Waals surface area contributed by atoms with Crippen LogP contribution in [0.2, 0.25) is 5.02 Å². The van der Waals surface area contributed by atoms with Gasteiger partial charge in [-0.15, -0.1) is 0 Å². The molecule has 2 N–H and O–H groups in total. The second-order valence-electron chi connectivity index (χ2n) is 3.20. The van der Waals surface area contributed by atoms with Crippen LogP contribution in [0.15, 0.2) is 12.3 Å². The smallest absolute Gasteiger partial charge is 0.312 e. The maximum atomic E-state index is 10.7. The lowest BCUT2D eigenvalue weighted by Crippen LogP contribution is -2.08. The zero-order chi connectivity index (χ0) is 12.8. The van der Waals surface area contributed by atoms with Crippen LogP contribution in [0.25, 0.3) is 0 Å². The van der Waals surface area contributed by atoms with Crippen LogP contribution in [0, 0.1) is 10.1 Å². The minimum atomic E-state index is -0.912. The molecule has 1 heterocycles. The molecule has 1 rings (SSSR count).